The van der Waals surface area contributed by atoms with Crippen molar-refractivity contribution >= 4 is 11.3 Å². The molecule has 5 heteroatoms. The van der Waals surface area contributed by atoms with Crippen LogP contribution in [-0.2, 0) is 13.0 Å². The summed E-state index contributed by atoms with van der Waals surface area (Å²) in [6.45, 7) is 2.66. The quantitative estimate of drug-likeness (QED) is 0.905. The Balaban J connectivity index is 2.00. The van der Waals surface area contributed by atoms with Crippen LogP contribution in [0.1, 0.15) is 16.1 Å². The molecule has 1 aromatic heterocycles. The van der Waals surface area contributed by atoms with Crippen LogP contribution in [0, 0.1) is 12.7 Å². The van der Waals surface area contributed by atoms with Gasteiger partial charge in [-0.3, -0.25) is 0 Å². The van der Waals surface area contributed by atoms with Gasteiger partial charge in [-0.2, -0.15) is 0 Å². The average Bonchev–Trinajstić information content (AvgIpc) is 2.77. The monoisotopic (exact) mass is 266 g/mol. The molecule has 0 aliphatic carbocycles. The van der Waals surface area contributed by atoms with Gasteiger partial charge in [-0.05, 0) is 13.0 Å². The molecule has 2 rings (SSSR count). The normalized spacial score (nSPS) is 10.6. The van der Waals surface area contributed by atoms with E-state index in [0.29, 0.717) is 12.2 Å². The number of hydrogen-bond acceptors (Lipinski definition) is 4. The summed E-state index contributed by atoms with van der Waals surface area (Å²) in [6.07, 6.45) is 0.731. The zero-order chi connectivity index (χ0) is 13.0. The van der Waals surface area contributed by atoms with Crippen molar-refractivity contribution in [1.29, 1.82) is 0 Å². The Morgan fingerprint density at radius 3 is 2.94 bits per heavy atom. The molecule has 18 heavy (non-hydrogen) atoms. The first-order valence-corrected chi connectivity index (χ1v) is 6.59. The Bertz CT molecular complexity index is 527. The second-order valence-electron chi connectivity index (χ2n) is 3.89. The highest BCUT2D eigenvalue weighted by Gasteiger charge is 2.09. The molecule has 0 atom stereocenters. The van der Waals surface area contributed by atoms with E-state index in [1.165, 1.54) is 10.9 Å². The summed E-state index contributed by atoms with van der Waals surface area (Å²) in [5, 5.41) is 0. The minimum absolute atomic E-state index is 0.266. The van der Waals surface area contributed by atoms with Gasteiger partial charge in [0.1, 0.15) is 0 Å². The Kier molecular flexibility index (Phi) is 4.28. The third kappa shape index (κ3) is 2.86. The number of hydrogen-bond donors (Lipinski definition) is 1. The van der Waals surface area contributed by atoms with Crippen molar-refractivity contribution < 1.29 is 9.13 Å². The molecule has 2 aromatic rings. The zero-order valence-electron chi connectivity index (χ0n) is 10.1. The van der Waals surface area contributed by atoms with Gasteiger partial charge in [-0.15, -0.1) is 11.3 Å². The number of aromatic nitrogens is 1. The summed E-state index contributed by atoms with van der Waals surface area (Å²) in [7, 11) is 0. The van der Waals surface area contributed by atoms with E-state index in [1.807, 2.05) is 6.92 Å². The van der Waals surface area contributed by atoms with Gasteiger partial charge in [-0.1, -0.05) is 12.1 Å². The van der Waals surface area contributed by atoms with E-state index in [4.69, 9.17) is 10.5 Å². The van der Waals surface area contributed by atoms with Crippen LogP contribution in [0.3, 0.4) is 0 Å². The van der Waals surface area contributed by atoms with Gasteiger partial charge in [0, 0.05) is 23.4 Å². The molecular formula is C13H15FN2OS. The summed E-state index contributed by atoms with van der Waals surface area (Å²) in [4.78, 5) is 5.33. The van der Waals surface area contributed by atoms with Gasteiger partial charge >= 0.3 is 0 Å². The standard InChI is InChI=1S/C13H15FN2OS/c1-9-12(18-8-16-9)5-6-17-13-10(7-15)3-2-4-11(13)14/h2-4,8H,5-7,15H2,1H3. The van der Waals surface area contributed by atoms with Crippen molar-refractivity contribution in [2.24, 2.45) is 5.73 Å². The smallest absolute Gasteiger partial charge is 0.165 e. The van der Waals surface area contributed by atoms with E-state index < -0.39 is 0 Å². The molecular weight excluding hydrogens is 251 g/mol. The molecule has 0 amide bonds. The molecule has 0 aliphatic heterocycles. The number of benzene rings is 1. The summed E-state index contributed by atoms with van der Waals surface area (Å²) in [6, 6.07) is 4.79. The lowest BCUT2D eigenvalue weighted by molar-refractivity contribution is 0.302. The number of nitrogens with zero attached hydrogens (tertiary/aromatic N) is 1. The molecule has 0 fully saturated rings. The van der Waals surface area contributed by atoms with Crippen LogP contribution in [-0.4, -0.2) is 11.6 Å². The predicted molar refractivity (Wildman–Crippen MR) is 70.3 cm³/mol. The summed E-state index contributed by atoms with van der Waals surface area (Å²) >= 11 is 1.59. The highest BCUT2D eigenvalue weighted by atomic mass is 32.1. The Morgan fingerprint density at radius 1 is 1.44 bits per heavy atom. The molecule has 1 aromatic carbocycles. The second kappa shape index (κ2) is 5.93. The van der Waals surface area contributed by atoms with E-state index in [0.717, 1.165) is 12.1 Å². The molecule has 3 nitrogen and oxygen atoms in total. The number of rotatable bonds is 5. The number of aryl methyl sites for hydroxylation is 1. The third-order valence-electron chi connectivity index (χ3n) is 2.69. The fourth-order valence-corrected chi connectivity index (χ4v) is 2.45. The van der Waals surface area contributed by atoms with Crippen LogP contribution in [0.4, 0.5) is 4.39 Å². The van der Waals surface area contributed by atoms with Crippen molar-refractivity contribution in [2.75, 3.05) is 6.61 Å². The predicted octanol–water partition coefficient (Wildman–Crippen LogP) is 2.67. The number of ether oxygens (including phenoxy) is 1. The molecule has 0 spiro atoms. The first-order chi connectivity index (χ1) is 8.72. The molecule has 1 heterocycles. The fourth-order valence-electron chi connectivity index (χ4n) is 1.69. The van der Waals surface area contributed by atoms with Gasteiger partial charge in [0.25, 0.3) is 0 Å². The first kappa shape index (κ1) is 13.0. The van der Waals surface area contributed by atoms with Gasteiger partial charge in [-0.25, -0.2) is 9.37 Å². The van der Waals surface area contributed by atoms with Crippen LogP contribution in [0.5, 0.6) is 5.75 Å². The van der Waals surface area contributed by atoms with Crippen LogP contribution >= 0.6 is 11.3 Å². The zero-order valence-corrected chi connectivity index (χ0v) is 11.0. The van der Waals surface area contributed by atoms with Crippen molar-refractivity contribution in [3.05, 3.63) is 45.7 Å². The van der Waals surface area contributed by atoms with E-state index in [-0.39, 0.29) is 18.1 Å². The Labute approximate surface area is 109 Å². The lowest BCUT2D eigenvalue weighted by Gasteiger charge is -2.10. The van der Waals surface area contributed by atoms with Crippen molar-refractivity contribution in [1.82, 2.24) is 4.98 Å². The highest BCUT2D eigenvalue weighted by Crippen LogP contribution is 2.23. The largest absolute Gasteiger partial charge is 0.490 e. The maximum atomic E-state index is 13.6. The molecule has 0 saturated heterocycles. The third-order valence-corrected chi connectivity index (χ3v) is 3.68. The SMILES string of the molecule is Cc1ncsc1CCOc1c(F)cccc1CN. The van der Waals surface area contributed by atoms with Gasteiger partial charge in [0.05, 0.1) is 17.8 Å². The molecule has 0 unspecified atom stereocenters. The van der Waals surface area contributed by atoms with Crippen LogP contribution in [0.15, 0.2) is 23.7 Å². The minimum Gasteiger partial charge on any atom is -0.490 e. The van der Waals surface area contributed by atoms with Gasteiger partial charge in [0.2, 0.25) is 0 Å². The summed E-state index contributed by atoms with van der Waals surface area (Å²) < 4.78 is 19.1. The van der Waals surface area contributed by atoms with E-state index in [9.17, 15) is 4.39 Å². The van der Waals surface area contributed by atoms with E-state index in [1.54, 1.807) is 29.0 Å². The van der Waals surface area contributed by atoms with E-state index in [2.05, 4.69) is 4.98 Å². The fraction of sp³-hybridized carbons (Fsp3) is 0.308. The average molecular weight is 266 g/mol. The maximum Gasteiger partial charge on any atom is 0.165 e. The van der Waals surface area contributed by atoms with Crippen molar-refractivity contribution in [3.8, 4) is 5.75 Å². The molecule has 0 radical (unpaired) electrons. The minimum atomic E-state index is -0.362. The molecule has 0 aliphatic rings. The van der Waals surface area contributed by atoms with Gasteiger partial charge < -0.3 is 10.5 Å². The number of halogens is 1. The van der Waals surface area contributed by atoms with Crippen LogP contribution in [0.25, 0.3) is 0 Å². The number of nitrogens with two attached hydrogens (primary N) is 1. The van der Waals surface area contributed by atoms with Crippen LogP contribution in [0.2, 0.25) is 0 Å². The van der Waals surface area contributed by atoms with E-state index >= 15 is 0 Å². The molecule has 96 valence electrons. The molecule has 2 N–H and O–H groups in total. The Hall–Kier alpha value is -1.46. The van der Waals surface area contributed by atoms with Crippen LogP contribution < -0.4 is 10.5 Å². The first-order valence-electron chi connectivity index (χ1n) is 5.71. The lowest BCUT2D eigenvalue weighted by atomic mass is 10.2. The molecule has 0 saturated carbocycles. The lowest BCUT2D eigenvalue weighted by Crippen LogP contribution is -2.07. The van der Waals surface area contributed by atoms with Crippen molar-refractivity contribution in [2.45, 2.75) is 19.9 Å². The molecule has 0 bridgehead atoms. The number of thiazole rings is 1. The van der Waals surface area contributed by atoms with Crippen molar-refractivity contribution in [3.63, 3.8) is 0 Å². The topological polar surface area (TPSA) is 48.1 Å². The number of para-hydroxylation sites is 1. The maximum absolute atomic E-state index is 13.6. The Morgan fingerprint density at radius 2 is 2.28 bits per heavy atom. The second-order valence-corrected chi connectivity index (χ2v) is 4.83. The van der Waals surface area contributed by atoms with Gasteiger partial charge in [0.15, 0.2) is 11.6 Å². The summed E-state index contributed by atoms with van der Waals surface area (Å²) in [5.74, 6) is -0.0962. The highest BCUT2D eigenvalue weighted by molar-refractivity contribution is 7.09. The summed E-state index contributed by atoms with van der Waals surface area (Å²) in [5.41, 5.74) is 9.06.